The predicted molar refractivity (Wildman–Crippen MR) is 109 cm³/mol. The third-order valence-electron chi connectivity index (χ3n) is 4.66. The minimum atomic E-state index is -1.18. The minimum absolute atomic E-state index is 0.0461. The van der Waals surface area contributed by atoms with Gasteiger partial charge in [-0.25, -0.2) is 4.79 Å². The molecule has 1 fully saturated rings. The van der Waals surface area contributed by atoms with Crippen molar-refractivity contribution in [2.45, 2.75) is 24.9 Å². The molecular weight excluding hydrogens is 390 g/mol. The van der Waals surface area contributed by atoms with Crippen LogP contribution in [0.2, 0.25) is 0 Å². The lowest BCUT2D eigenvalue weighted by Crippen LogP contribution is -2.54. The van der Waals surface area contributed by atoms with Crippen molar-refractivity contribution in [3.63, 3.8) is 0 Å². The highest BCUT2D eigenvalue weighted by Gasteiger charge is 2.27. The molecule has 0 aromatic heterocycles. The van der Waals surface area contributed by atoms with E-state index in [-0.39, 0.29) is 25.3 Å². The standard InChI is InChI=1S/C21H27N3O6/c1-3-4-17(22-19(25)14-24-9-11-30-12-10-24)20(26)23-18(21(27)28)13-15-5-7-16(29-2)8-6-15/h1,5-8,17-18H,4,9-14H2,2H3,(H,22,25)(H,23,26)(H,27,28)/t17-,18?/m0/s1. The van der Waals surface area contributed by atoms with Gasteiger partial charge in [0.1, 0.15) is 17.8 Å². The van der Waals surface area contributed by atoms with Crippen LogP contribution in [0.3, 0.4) is 0 Å². The number of hydrogen-bond acceptors (Lipinski definition) is 6. The quantitative estimate of drug-likeness (QED) is 0.446. The Kier molecular flexibility index (Phi) is 9.12. The van der Waals surface area contributed by atoms with Crippen LogP contribution < -0.4 is 15.4 Å². The van der Waals surface area contributed by atoms with E-state index in [0.29, 0.717) is 37.6 Å². The summed E-state index contributed by atoms with van der Waals surface area (Å²) in [6, 6.07) is 4.70. The molecule has 0 radical (unpaired) electrons. The molecule has 1 aromatic rings. The molecule has 1 aliphatic heterocycles. The maximum absolute atomic E-state index is 12.6. The van der Waals surface area contributed by atoms with Gasteiger partial charge in [-0.2, -0.15) is 0 Å². The molecule has 1 unspecified atom stereocenters. The van der Waals surface area contributed by atoms with E-state index in [4.69, 9.17) is 15.9 Å². The Morgan fingerprint density at radius 2 is 1.87 bits per heavy atom. The lowest BCUT2D eigenvalue weighted by molar-refractivity contribution is -0.142. The minimum Gasteiger partial charge on any atom is -0.497 e. The molecule has 30 heavy (non-hydrogen) atoms. The Labute approximate surface area is 175 Å². The number of carbonyl (C=O) groups is 3. The Morgan fingerprint density at radius 1 is 1.20 bits per heavy atom. The van der Waals surface area contributed by atoms with Gasteiger partial charge in [0.2, 0.25) is 11.8 Å². The van der Waals surface area contributed by atoms with E-state index in [9.17, 15) is 19.5 Å². The molecule has 2 atom stereocenters. The van der Waals surface area contributed by atoms with Crippen LogP contribution in [-0.4, -0.2) is 79.8 Å². The number of carbonyl (C=O) groups excluding carboxylic acids is 2. The SMILES string of the molecule is C#CC[C@H](NC(=O)CN1CCOCC1)C(=O)NC(Cc1ccc(OC)cc1)C(=O)O. The second-order valence-corrected chi connectivity index (χ2v) is 6.87. The zero-order valence-electron chi connectivity index (χ0n) is 16.9. The van der Waals surface area contributed by atoms with E-state index >= 15 is 0 Å². The van der Waals surface area contributed by atoms with Crippen LogP contribution in [0.4, 0.5) is 0 Å². The summed E-state index contributed by atoms with van der Waals surface area (Å²) in [7, 11) is 1.54. The number of hydrogen-bond donors (Lipinski definition) is 3. The number of aliphatic carboxylic acids is 1. The van der Waals surface area contributed by atoms with Crippen LogP contribution >= 0.6 is 0 Å². The van der Waals surface area contributed by atoms with Gasteiger partial charge in [-0.05, 0) is 17.7 Å². The van der Waals surface area contributed by atoms with Crippen molar-refractivity contribution in [3.8, 4) is 18.1 Å². The number of nitrogens with zero attached hydrogens (tertiary/aromatic N) is 1. The van der Waals surface area contributed by atoms with Gasteiger partial charge in [-0.3, -0.25) is 14.5 Å². The maximum atomic E-state index is 12.6. The molecular formula is C21H27N3O6. The van der Waals surface area contributed by atoms with Crippen molar-refractivity contribution in [3.05, 3.63) is 29.8 Å². The summed E-state index contributed by atoms with van der Waals surface area (Å²) in [6.45, 7) is 2.47. The van der Waals surface area contributed by atoms with E-state index in [1.807, 2.05) is 4.90 Å². The zero-order valence-corrected chi connectivity index (χ0v) is 16.9. The number of rotatable bonds is 10. The molecule has 0 aliphatic carbocycles. The predicted octanol–water partition coefficient (Wildman–Crippen LogP) is -0.353. The normalized spacial score (nSPS) is 16.0. The summed E-state index contributed by atoms with van der Waals surface area (Å²) < 4.78 is 10.3. The first-order valence-electron chi connectivity index (χ1n) is 9.62. The third-order valence-corrected chi connectivity index (χ3v) is 4.66. The number of terminal acetylenes is 1. The molecule has 0 bridgehead atoms. The monoisotopic (exact) mass is 417 g/mol. The van der Waals surface area contributed by atoms with E-state index in [2.05, 4.69) is 16.6 Å². The Hall–Kier alpha value is -3.09. The molecule has 0 saturated carbocycles. The van der Waals surface area contributed by atoms with Crippen LogP contribution in [0.1, 0.15) is 12.0 Å². The highest BCUT2D eigenvalue weighted by molar-refractivity contribution is 5.91. The Bertz CT molecular complexity index is 768. The summed E-state index contributed by atoms with van der Waals surface area (Å²) in [5.74, 6) is 0.828. The summed E-state index contributed by atoms with van der Waals surface area (Å²) in [5.41, 5.74) is 0.716. The first kappa shape index (κ1) is 23.2. The number of benzene rings is 1. The Morgan fingerprint density at radius 3 is 2.43 bits per heavy atom. The van der Waals surface area contributed by atoms with Crippen molar-refractivity contribution in [2.24, 2.45) is 0 Å². The van der Waals surface area contributed by atoms with Crippen LogP contribution in [0, 0.1) is 12.3 Å². The van der Waals surface area contributed by atoms with Crippen molar-refractivity contribution in [1.82, 2.24) is 15.5 Å². The number of nitrogens with one attached hydrogen (secondary N) is 2. The van der Waals surface area contributed by atoms with Gasteiger partial charge in [0.05, 0.1) is 26.9 Å². The summed E-state index contributed by atoms with van der Waals surface area (Å²) in [5, 5.41) is 14.6. The fourth-order valence-corrected chi connectivity index (χ4v) is 3.00. The first-order chi connectivity index (χ1) is 14.4. The number of ether oxygens (including phenoxy) is 2. The average molecular weight is 417 g/mol. The first-order valence-corrected chi connectivity index (χ1v) is 9.62. The molecule has 3 N–H and O–H groups in total. The maximum Gasteiger partial charge on any atom is 0.326 e. The van der Waals surface area contributed by atoms with E-state index in [0.717, 1.165) is 0 Å². The number of carboxylic acid groups (broad SMARTS) is 1. The average Bonchev–Trinajstić information content (AvgIpc) is 2.74. The summed E-state index contributed by atoms with van der Waals surface area (Å²) in [4.78, 5) is 38.5. The van der Waals surface area contributed by atoms with Crippen molar-refractivity contribution in [1.29, 1.82) is 0 Å². The summed E-state index contributed by atoms with van der Waals surface area (Å²) in [6.07, 6.45) is 5.37. The van der Waals surface area contributed by atoms with Crippen molar-refractivity contribution < 1.29 is 29.0 Å². The molecule has 0 spiro atoms. The van der Waals surface area contributed by atoms with E-state index in [1.165, 1.54) is 7.11 Å². The molecule has 162 valence electrons. The fraction of sp³-hybridized carbons (Fsp3) is 0.476. The van der Waals surface area contributed by atoms with Gasteiger partial charge in [0.25, 0.3) is 0 Å². The second-order valence-electron chi connectivity index (χ2n) is 6.87. The van der Waals surface area contributed by atoms with Crippen molar-refractivity contribution in [2.75, 3.05) is 40.0 Å². The number of methoxy groups -OCH3 is 1. The van der Waals surface area contributed by atoms with Gasteiger partial charge in [0, 0.05) is 25.9 Å². The highest BCUT2D eigenvalue weighted by atomic mass is 16.5. The molecule has 9 nitrogen and oxygen atoms in total. The fourth-order valence-electron chi connectivity index (χ4n) is 3.00. The van der Waals surface area contributed by atoms with Crippen LogP contribution in [0.15, 0.2) is 24.3 Å². The lowest BCUT2D eigenvalue weighted by Gasteiger charge is -2.27. The van der Waals surface area contributed by atoms with Gasteiger partial charge >= 0.3 is 5.97 Å². The molecule has 9 heteroatoms. The van der Waals surface area contributed by atoms with Gasteiger partial charge in [0.15, 0.2) is 0 Å². The molecule has 1 aliphatic rings. The summed E-state index contributed by atoms with van der Waals surface area (Å²) >= 11 is 0. The van der Waals surface area contributed by atoms with Crippen LogP contribution in [0.5, 0.6) is 5.75 Å². The Balaban J connectivity index is 1.96. The zero-order chi connectivity index (χ0) is 21.9. The molecule has 2 rings (SSSR count). The van der Waals surface area contributed by atoms with Gasteiger partial charge in [-0.15, -0.1) is 12.3 Å². The molecule has 1 saturated heterocycles. The van der Waals surface area contributed by atoms with Crippen molar-refractivity contribution >= 4 is 17.8 Å². The topological polar surface area (TPSA) is 117 Å². The number of amides is 2. The highest BCUT2D eigenvalue weighted by Crippen LogP contribution is 2.13. The molecule has 1 heterocycles. The molecule has 2 amide bonds. The lowest BCUT2D eigenvalue weighted by atomic mass is 10.0. The van der Waals surface area contributed by atoms with Crippen LogP contribution in [0.25, 0.3) is 0 Å². The number of carboxylic acids is 1. The third kappa shape index (κ3) is 7.39. The van der Waals surface area contributed by atoms with E-state index < -0.39 is 24.0 Å². The van der Waals surface area contributed by atoms with Crippen LogP contribution in [-0.2, 0) is 25.5 Å². The largest absolute Gasteiger partial charge is 0.497 e. The van der Waals surface area contributed by atoms with Gasteiger partial charge in [-0.1, -0.05) is 12.1 Å². The molecule has 1 aromatic carbocycles. The number of morpholine rings is 1. The smallest absolute Gasteiger partial charge is 0.326 e. The second kappa shape index (κ2) is 11.8. The van der Waals surface area contributed by atoms with E-state index in [1.54, 1.807) is 24.3 Å². The van der Waals surface area contributed by atoms with Gasteiger partial charge < -0.3 is 25.2 Å².